The summed E-state index contributed by atoms with van der Waals surface area (Å²) in [5.74, 6) is -1.69. The van der Waals surface area contributed by atoms with Crippen molar-refractivity contribution in [3.63, 3.8) is 0 Å². The Morgan fingerprint density at radius 1 is 0.896 bits per heavy atom. The van der Waals surface area contributed by atoms with Gasteiger partial charge in [-0.1, -0.05) is 56.3 Å². The summed E-state index contributed by atoms with van der Waals surface area (Å²) in [5, 5.41) is 10.7. The summed E-state index contributed by atoms with van der Waals surface area (Å²) in [4.78, 5) is 67.1. The molecule has 2 heterocycles. The first-order chi connectivity index (χ1) is 23.1. The average molecular weight is 691 g/mol. The van der Waals surface area contributed by atoms with Gasteiger partial charge in [-0.15, -0.1) is 22.7 Å². The number of aromatic nitrogens is 2. The highest BCUT2D eigenvalue weighted by molar-refractivity contribution is 7.20. The van der Waals surface area contributed by atoms with Crippen LogP contribution in [0.1, 0.15) is 60.6 Å². The molecule has 0 aliphatic rings. The maximum atomic E-state index is 13.8. The molecule has 2 aromatic carbocycles. The molecule has 0 fully saturated rings. The fraction of sp³-hybridized carbons (Fsp3) is 0.382. The van der Waals surface area contributed by atoms with Gasteiger partial charge in [-0.05, 0) is 49.3 Å². The molecule has 0 saturated carbocycles. The van der Waals surface area contributed by atoms with Crippen LogP contribution in [0.4, 0.5) is 0 Å². The Morgan fingerprint density at radius 3 is 2.29 bits per heavy atom. The van der Waals surface area contributed by atoms with Gasteiger partial charge in [0, 0.05) is 24.8 Å². The Hall–Kier alpha value is -4.69. The van der Waals surface area contributed by atoms with E-state index in [2.05, 4.69) is 30.9 Å². The quantitative estimate of drug-likeness (QED) is 0.0454. The minimum Gasteiger partial charge on any atom is -0.370 e. The lowest BCUT2D eigenvalue weighted by atomic mass is 10.0. The number of fused-ring (bicyclic) bond motifs is 1. The number of amides is 3. The van der Waals surface area contributed by atoms with Crippen LogP contribution >= 0.6 is 22.7 Å². The van der Waals surface area contributed by atoms with E-state index in [1.165, 1.54) is 22.7 Å². The van der Waals surface area contributed by atoms with Gasteiger partial charge in [0.05, 0.1) is 27.5 Å². The number of aryl methyl sites for hydroxylation is 1. The van der Waals surface area contributed by atoms with Crippen LogP contribution in [0.25, 0.3) is 10.2 Å². The summed E-state index contributed by atoms with van der Waals surface area (Å²) in [6, 6.07) is 14.2. The van der Waals surface area contributed by atoms with E-state index < -0.39 is 29.9 Å². The smallest absolute Gasteiger partial charge is 0.243 e. The van der Waals surface area contributed by atoms with Crippen molar-refractivity contribution in [2.45, 2.75) is 70.5 Å². The van der Waals surface area contributed by atoms with Crippen molar-refractivity contribution in [3.05, 3.63) is 81.8 Å². The lowest BCUT2D eigenvalue weighted by molar-refractivity contribution is -0.132. The third kappa shape index (κ3) is 11.2. The minimum atomic E-state index is -0.972. The molecule has 2 aromatic heterocycles. The van der Waals surface area contributed by atoms with E-state index in [0.29, 0.717) is 30.5 Å². The van der Waals surface area contributed by atoms with Crippen LogP contribution in [0.5, 0.6) is 0 Å². The van der Waals surface area contributed by atoms with Gasteiger partial charge >= 0.3 is 0 Å². The maximum absolute atomic E-state index is 13.8. The molecule has 3 amide bonds. The molecular weight excluding hydrogens is 649 g/mol. The first-order valence-corrected chi connectivity index (χ1v) is 17.6. The summed E-state index contributed by atoms with van der Waals surface area (Å²) < 4.78 is 0.855. The Balaban J connectivity index is 1.49. The second-order valence-corrected chi connectivity index (χ2v) is 13.6. The number of hydrogen-bond donors (Lipinski definition) is 5. The van der Waals surface area contributed by atoms with Crippen molar-refractivity contribution in [1.29, 1.82) is 0 Å². The zero-order chi connectivity index (χ0) is 34.5. The van der Waals surface area contributed by atoms with Gasteiger partial charge in [0.15, 0.2) is 11.0 Å². The lowest BCUT2D eigenvalue weighted by Gasteiger charge is -2.26. The Bertz CT molecular complexity index is 1650. The highest BCUT2D eigenvalue weighted by atomic mass is 32.1. The number of nitrogens with one attached hydrogen (secondary N) is 3. The highest BCUT2D eigenvalue weighted by Crippen LogP contribution is 2.23. The van der Waals surface area contributed by atoms with E-state index in [1.807, 2.05) is 73.8 Å². The molecule has 0 spiro atoms. The zero-order valence-corrected chi connectivity index (χ0v) is 28.7. The van der Waals surface area contributed by atoms with E-state index in [0.717, 1.165) is 10.3 Å². The van der Waals surface area contributed by atoms with Gasteiger partial charge < -0.3 is 27.4 Å². The van der Waals surface area contributed by atoms with Gasteiger partial charge in [-0.3, -0.25) is 24.2 Å². The molecular formula is C34H42N8O4S2. The number of nitrogens with two attached hydrogens (primary N) is 2. The van der Waals surface area contributed by atoms with Crippen molar-refractivity contribution in [2.75, 3.05) is 6.54 Å². The summed E-state index contributed by atoms with van der Waals surface area (Å²) >= 11 is 2.64. The van der Waals surface area contributed by atoms with Crippen molar-refractivity contribution < 1.29 is 19.2 Å². The van der Waals surface area contributed by atoms with Crippen LogP contribution in [-0.2, 0) is 27.2 Å². The maximum Gasteiger partial charge on any atom is 0.243 e. The fourth-order valence-electron chi connectivity index (χ4n) is 5.07. The lowest BCUT2D eigenvalue weighted by Crippen LogP contribution is -2.56. The number of ketones is 1. The van der Waals surface area contributed by atoms with Crippen molar-refractivity contribution in [1.82, 2.24) is 25.9 Å². The number of hydrogen-bond acceptors (Lipinski definition) is 9. The Morgan fingerprint density at radius 2 is 1.60 bits per heavy atom. The summed E-state index contributed by atoms with van der Waals surface area (Å²) in [6.45, 7) is 4.14. The molecule has 14 heteroatoms. The van der Waals surface area contributed by atoms with Crippen molar-refractivity contribution in [2.24, 2.45) is 22.4 Å². The number of carbonyl (C=O) groups excluding carboxylic acids is 4. The normalized spacial score (nSPS) is 13.0. The molecule has 4 rings (SSSR count). The topological polar surface area (TPSA) is 195 Å². The number of para-hydroxylation sites is 1. The molecule has 0 radical (unpaired) electrons. The van der Waals surface area contributed by atoms with Gasteiger partial charge in [0.2, 0.25) is 23.5 Å². The van der Waals surface area contributed by atoms with Crippen molar-refractivity contribution in [3.8, 4) is 0 Å². The monoisotopic (exact) mass is 690 g/mol. The molecule has 48 heavy (non-hydrogen) atoms. The van der Waals surface area contributed by atoms with Crippen LogP contribution in [0.15, 0.2) is 70.5 Å². The summed E-state index contributed by atoms with van der Waals surface area (Å²) in [7, 11) is 0. The second kappa shape index (κ2) is 18.0. The molecule has 0 aliphatic heterocycles. The largest absolute Gasteiger partial charge is 0.370 e. The van der Waals surface area contributed by atoms with E-state index >= 15 is 0 Å². The van der Waals surface area contributed by atoms with Gasteiger partial charge in [-0.2, -0.15) is 0 Å². The van der Waals surface area contributed by atoms with Gasteiger partial charge in [0.25, 0.3) is 0 Å². The third-order valence-electron chi connectivity index (χ3n) is 7.46. The van der Waals surface area contributed by atoms with Gasteiger partial charge in [-0.25, -0.2) is 9.97 Å². The molecule has 7 N–H and O–H groups in total. The average Bonchev–Trinajstić information content (AvgIpc) is 3.74. The molecule has 0 saturated heterocycles. The van der Waals surface area contributed by atoms with Crippen LogP contribution in [0.3, 0.4) is 0 Å². The van der Waals surface area contributed by atoms with E-state index in [-0.39, 0.29) is 54.4 Å². The number of Topliss-reactive ketones (excluding diaryl/α,β-unsaturated/α-hetero) is 1. The Labute approximate surface area is 287 Å². The number of guanidine groups is 1. The third-order valence-corrected chi connectivity index (χ3v) is 9.14. The SMILES string of the molecule is CC(C)C[C@H](NC(=O)[C@H](Cc1cscn1)NC(=O)CCc1ccccc1)C(=O)N[C@@H](CCCN=C(N)N)C(=O)c1nc2ccccc2s1. The molecule has 3 atom stereocenters. The number of aliphatic imine (C=N–C) groups is 1. The first kappa shape index (κ1) is 36.2. The predicted molar refractivity (Wildman–Crippen MR) is 190 cm³/mol. The van der Waals surface area contributed by atoms with Crippen LogP contribution in [0.2, 0.25) is 0 Å². The Kier molecular flexibility index (Phi) is 13.6. The summed E-state index contributed by atoms with van der Waals surface area (Å²) in [6.07, 6.45) is 1.85. The van der Waals surface area contributed by atoms with Gasteiger partial charge in [0.1, 0.15) is 12.1 Å². The van der Waals surface area contributed by atoms with Crippen molar-refractivity contribution >= 4 is 62.4 Å². The first-order valence-electron chi connectivity index (χ1n) is 15.8. The van der Waals surface area contributed by atoms with Crippen LogP contribution in [-0.4, -0.2) is 64.1 Å². The number of thiazole rings is 2. The van der Waals surface area contributed by atoms with E-state index in [9.17, 15) is 19.2 Å². The number of rotatable bonds is 18. The molecule has 254 valence electrons. The standard InChI is InChI=1S/C34H42N8O4S2/c1-21(2)17-26(41-32(46)27(18-23-19-47-20-38-23)39-29(43)15-14-22-9-4-3-5-10-22)31(45)40-25(12-8-16-37-34(35)36)30(44)33-42-24-11-6-7-13-28(24)48-33/h3-7,9-11,13,19-21,25-27H,8,12,14-18H2,1-2H3,(H,39,43)(H,40,45)(H,41,46)(H4,35,36,37)/t25-,26-,27-/m0/s1. The fourth-order valence-corrected chi connectivity index (χ4v) is 6.60. The molecule has 12 nitrogen and oxygen atoms in total. The molecule has 0 unspecified atom stereocenters. The van der Waals surface area contributed by atoms with E-state index in [4.69, 9.17) is 11.5 Å². The van der Waals surface area contributed by atoms with Crippen LogP contribution < -0.4 is 27.4 Å². The highest BCUT2D eigenvalue weighted by Gasteiger charge is 2.31. The molecule has 4 aromatic rings. The zero-order valence-electron chi connectivity index (χ0n) is 27.1. The second-order valence-electron chi connectivity index (χ2n) is 11.8. The minimum absolute atomic E-state index is 0.0267. The predicted octanol–water partition coefficient (Wildman–Crippen LogP) is 3.37. The molecule has 0 aliphatic carbocycles. The number of benzene rings is 2. The molecule has 0 bridgehead atoms. The van der Waals surface area contributed by atoms with Crippen LogP contribution in [0, 0.1) is 5.92 Å². The van der Waals surface area contributed by atoms with E-state index in [1.54, 1.807) is 5.51 Å². The summed E-state index contributed by atoms with van der Waals surface area (Å²) in [5.41, 5.74) is 14.9. The number of nitrogens with zero attached hydrogens (tertiary/aromatic N) is 3. The number of carbonyl (C=O) groups is 4.